The first-order valence-electron chi connectivity index (χ1n) is 7.36. The molecule has 0 atom stereocenters. The third-order valence-corrected chi connectivity index (χ3v) is 3.50. The fraction of sp³-hybridized carbons (Fsp3) is 0.294. The number of benzene rings is 1. The summed E-state index contributed by atoms with van der Waals surface area (Å²) < 4.78 is 20.6. The smallest absolute Gasteiger partial charge is 0.338 e. The number of hydrogen-bond acceptors (Lipinski definition) is 6. The average molecular weight is 349 g/mol. The van der Waals surface area contributed by atoms with Gasteiger partial charge in [-0.25, -0.2) is 4.79 Å². The Morgan fingerprint density at radius 2 is 1.84 bits per heavy atom. The standard InChI is InChI=1S/C17H19NO7/c1-22-7-6-18(12-4-5-13(23-2)14(9-12)24-3)16(19)15-8-11(10-25-15)17(20)21/h4-5,8-10H,6-7H2,1-3H3,(H,20,21). The maximum atomic E-state index is 12.8. The first-order chi connectivity index (χ1) is 12.0. The van der Waals surface area contributed by atoms with Crippen LogP contribution in [0.2, 0.25) is 0 Å². The highest BCUT2D eigenvalue weighted by atomic mass is 16.5. The van der Waals surface area contributed by atoms with E-state index in [9.17, 15) is 9.59 Å². The molecule has 0 radical (unpaired) electrons. The van der Waals surface area contributed by atoms with E-state index in [4.69, 9.17) is 23.7 Å². The minimum Gasteiger partial charge on any atom is -0.493 e. The molecule has 0 spiro atoms. The summed E-state index contributed by atoms with van der Waals surface area (Å²) in [5.74, 6) is -0.755. The Hall–Kier alpha value is -3.00. The summed E-state index contributed by atoms with van der Waals surface area (Å²) in [4.78, 5) is 25.1. The molecule has 1 N–H and O–H groups in total. The Kier molecular flexibility index (Phi) is 6.02. The number of carbonyl (C=O) groups excluding carboxylic acids is 1. The van der Waals surface area contributed by atoms with Crippen LogP contribution in [0.3, 0.4) is 0 Å². The molecule has 134 valence electrons. The zero-order valence-electron chi connectivity index (χ0n) is 14.1. The topological polar surface area (TPSA) is 98.4 Å². The van der Waals surface area contributed by atoms with Crippen LogP contribution in [-0.2, 0) is 4.74 Å². The van der Waals surface area contributed by atoms with Gasteiger partial charge in [0.1, 0.15) is 6.26 Å². The normalized spacial score (nSPS) is 10.4. The van der Waals surface area contributed by atoms with Crippen molar-refractivity contribution in [3.63, 3.8) is 0 Å². The van der Waals surface area contributed by atoms with E-state index in [0.717, 1.165) is 6.26 Å². The monoisotopic (exact) mass is 349 g/mol. The number of carboxylic acids is 1. The number of methoxy groups -OCH3 is 3. The summed E-state index contributed by atoms with van der Waals surface area (Å²) in [6, 6.07) is 6.20. The Morgan fingerprint density at radius 3 is 2.40 bits per heavy atom. The Balaban J connectivity index is 2.37. The first-order valence-corrected chi connectivity index (χ1v) is 7.36. The molecule has 0 aliphatic heterocycles. The van der Waals surface area contributed by atoms with Gasteiger partial charge in [0.05, 0.1) is 26.4 Å². The molecule has 0 bridgehead atoms. The SMILES string of the molecule is COCCN(C(=O)c1cc(C(=O)O)co1)c1ccc(OC)c(OC)c1. The van der Waals surface area contributed by atoms with Crippen LogP contribution in [-0.4, -0.2) is 51.5 Å². The number of furan rings is 1. The minimum atomic E-state index is -1.17. The zero-order chi connectivity index (χ0) is 18.4. The number of nitrogens with zero attached hydrogens (tertiary/aromatic N) is 1. The number of amides is 1. The van der Waals surface area contributed by atoms with Crippen molar-refractivity contribution in [3.05, 3.63) is 41.9 Å². The van der Waals surface area contributed by atoms with E-state index in [0.29, 0.717) is 17.2 Å². The number of carboxylic acid groups (broad SMARTS) is 1. The third kappa shape index (κ3) is 4.10. The van der Waals surface area contributed by atoms with Crippen LogP contribution in [0.5, 0.6) is 11.5 Å². The van der Waals surface area contributed by atoms with Crippen molar-refractivity contribution >= 4 is 17.6 Å². The molecule has 1 heterocycles. The molecule has 1 amide bonds. The molecular weight excluding hydrogens is 330 g/mol. The van der Waals surface area contributed by atoms with Crippen molar-refractivity contribution in [1.82, 2.24) is 0 Å². The molecule has 0 saturated heterocycles. The number of hydrogen-bond donors (Lipinski definition) is 1. The largest absolute Gasteiger partial charge is 0.493 e. The lowest BCUT2D eigenvalue weighted by atomic mass is 10.2. The van der Waals surface area contributed by atoms with Gasteiger partial charge >= 0.3 is 5.97 Å². The van der Waals surface area contributed by atoms with E-state index < -0.39 is 11.9 Å². The number of anilines is 1. The lowest BCUT2D eigenvalue weighted by molar-refractivity contribution is 0.0696. The molecule has 0 fully saturated rings. The first kappa shape index (κ1) is 18.3. The molecule has 1 aromatic heterocycles. The highest BCUT2D eigenvalue weighted by Crippen LogP contribution is 2.32. The Morgan fingerprint density at radius 1 is 1.12 bits per heavy atom. The number of ether oxygens (including phenoxy) is 3. The highest BCUT2D eigenvalue weighted by molar-refractivity contribution is 6.05. The molecule has 2 rings (SSSR count). The van der Waals surface area contributed by atoms with Crippen molar-refractivity contribution < 1.29 is 33.3 Å². The summed E-state index contributed by atoms with van der Waals surface area (Å²) in [7, 11) is 4.53. The molecule has 0 aliphatic rings. The van der Waals surface area contributed by atoms with Gasteiger partial charge in [0.15, 0.2) is 17.3 Å². The highest BCUT2D eigenvalue weighted by Gasteiger charge is 2.23. The van der Waals surface area contributed by atoms with Crippen molar-refractivity contribution in [2.24, 2.45) is 0 Å². The second kappa shape index (κ2) is 8.20. The van der Waals surface area contributed by atoms with Gasteiger partial charge in [-0.1, -0.05) is 0 Å². The molecule has 25 heavy (non-hydrogen) atoms. The Bertz CT molecular complexity index is 753. The summed E-state index contributed by atoms with van der Waals surface area (Å²) >= 11 is 0. The Labute approximate surface area is 144 Å². The van der Waals surface area contributed by atoms with Crippen molar-refractivity contribution in [2.75, 3.05) is 39.4 Å². The molecule has 1 aromatic carbocycles. The maximum absolute atomic E-state index is 12.8. The van der Waals surface area contributed by atoms with E-state index in [-0.39, 0.29) is 24.5 Å². The van der Waals surface area contributed by atoms with Gasteiger partial charge in [0, 0.05) is 31.5 Å². The molecule has 0 unspecified atom stereocenters. The molecular formula is C17H19NO7. The molecule has 8 heteroatoms. The maximum Gasteiger partial charge on any atom is 0.338 e. The van der Waals surface area contributed by atoms with Gasteiger partial charge in [-0.2, -0.15) is 0 Å². The molecule has 2 aromatic rings. The van der Waals surface area contributed by atoms with Gasteiger partial charge in [-0.05, 0) is 12.1 Å². The van der Waals surface area contributed by atoms with Crippen molar-refractivity contribution in [3.8, 4) is 11.5 Å². The quantitative estimate of drug-likeness (QED) is 0.780. The lowest BCUT2D eigenvalue weighted by Gasteiger charge is -2.22. The van der Waals surface area contributed by atoms with E-state index in [2.05, 4.69) is 0 Å². The third-order valence-electron chi connectivity index (χ3n) is 3.50. The fourth-order valence-corrected chi connectivity index (χ4v) is 2.22. The van der Waals surface area contributed by atoms with Gasteiger partial charge in [0.2, 0.25) is 0 Å². The van der Waals surface area contributed by atoms with Crippen LogP contribution in [0.1, 0.15) is 20.9 Å². The fourth-order valence-electron chi connectivity index (χ4n) is 2.22. The van der Waals surface area contributed by atoms with Crippen molar-refractivity contribution in [1.29, 1.82) is 0 Å². The number of aromatic carboxylic acids is 1. The van der Waals surface area contributed by atoms with E-state index in [1.165, 1.54) is 32.3 Å². The van der Waals surface area contributed by atoms with Gasteiger partial charge < -0.3 is 28.6 Å². The van der Waals surface area contributed by atoms with Gasteiger partial charge in [-0.3, -0.25) is 4.79 Å². The van der Waals surface area contributed by atoms with Crippen LogP contribution in [0.15, 0.2) is 34.9 Å². The molecule has 8 nitrogen and oxygen atoms in total. The lowest BCUT2D eigenvalue weighted by Crippen LogP contribution is -2.33. The predicted octanol–water partition coefficient (Wildman–Crippen LogP) is 2.29. The van der Waals surface area contributed by atoms with E-state index in [1.54, 1.807) is 18.2 Å². The average Bonchev–Trinajstić information content (AvgIpc) is 3.12. The number of rotatable bonds is 8. The predicted molar refractivity (Wildman–Crippen MR) is 88.8 cm³/mol. The van der Waals surface area contributed by atoms with Gasteiger partial charge in [0.25, 0.3) is 5.91 Å². The summed E-state index contributed by atoms with van der Waals surface area (Å²) in [5.41, 5.74) is 0.440. The second-order valence-electron chi connectivity index (χ2n) is 4.99. The van der Waals surface area contributed by atoms with Crippen LogP contribution in [0.4, 0.5) is 5.69 Å². The summed E-state index contributed by atoms with van der Waals surface area (Å²) in [5, 5.41) is 8.97. The van der Waals surface area contributed by atoms with Crippen LogP contribution >= 0.6 is 0 Å². The van der Waals surface area contributed by atoms with Crippen LogP contribution in [0, 0.1) is 0 Å². The molecule has 0 saturated carbocycles. The van der Waals surface area contributed by atoms with Crippen molar-refractivity contribution in [2.45, 2.75) is 0 Å². The summed E-state index contributed by atoms with van der Waals surface area (Å²) in [6.07, 6.45) is 1.03. The zero-order valence-corrected chi connectivity index (χ0v) is 14.1. The second-order valence-corrected chi connectivity index (χ2v) is 4.99. The van der Waals surface area contributed by atoms with Crippen LogP contribution in [0.25, 0.3) is 0 Å². The van der Waals surface area contributed by atoms with E-state index in [1.807, 2.05) is 0 Å². The van der Waals surface area contributed by atoms with Gasteiger partial charge in [-0.15, -0.1) is 0 Å². The molecule has 0 aliphatic carbocycles. The summed E-state index contributed by atoms with van der Waals surface area (Å²) in [6.45, 7) is 0.528. The number of carbonyl (C=O) groups is 2. The minimum absolute atomic E-state index is 0.0803. The van der Waals surface area contributed by atoms with Crippen LogP contribution < -0.4 is 14.4 Å². The van der Waals surface area contributed by atoms with E-state index >= 15 is 0 Å².